The number of halogens is 1. The van der Waals surface area contributed by atoms with Crippen molar-refractivity contribution >= 4 is 38.6 Å². The third kappa shape index (κ3) is 5.34. The minimum atomic E-state index is -0.484. The summed E-state index contributed by atoms with van der Waals surface area (Å²) in [6.45, 7) is 4.11. The van der Waals surface area contributed by atoms with Gasteiger partial charge < -0.3 is 18.9 Å². The van der Waals surface area contributed by atoms with E-state index in [4.69, 9.17) is 18.9 Å². The van der Waals surface area contributed by atoms with Gasteiger partial charge in [0.05, 0.1) is 5.92 Å². The first kappa shape index (κ1) is 27.1. The summed E-state index contributed by atoms with van der Waals surface area (Å²) in [6.07, 6.45) is 1.86. The molecule has 208 valence electrons. The lowest BCUT2D eigenvalue weighted by molar-refractivity contribution is -0.150. The summed E-state index contributed by atoms with van der Waals surface area (Å²) in [4.78, 5) is 24.6. The Labute approximate surface area is 247 Å². The molecule has 0 saturated carbocycles. The number of fused-ring (bicyclic) bond motifs is 2. The van der Waals surface area contributed by atoms with Crippen molar-refractivity contribution in [1.29, 1.82) is 0 Å². The summed E-state index contributed by atoms with van der Waals surface area (Å²) >= 11 is 3.62. The fourth-order valence-electron chi connectivity index (χ4n) is 6.14. The Morgan fingerprint density at radius 2 is 1.37 bits per heavy atom. The van der Waals surface area contributed by atoms with E-state index in [1.54, 1.807) is 0 Å². The number of hydrogen-bond donors (Lipinski definition) is 0. The maximum Gasteiger partial charge on any atom is 0.330 e. The van der Waals surface area contributed by atoms with E-state index in [1.165, 1.54) is 22.3 Å². The highest BCUT2D eigenvalue weighted by Crippen LogP contribution is 2.56. The van der Waals surface area contributed by atoms with Gasteiger partial charge in [-0.15, -0.1) is 0 Å². The number of rotatable bonds is 10. The van der Waals surface area contributed by atoms with Gasteiger partial charge in [-0.05, 0) is 52.9 Å². The van der Waals surface area contributed by atoms with Crippen LogP contribution in [-0.4, -0.2) is 38.4 Å². The summed E-state index contributed by atoms with van der Waals surface area (Å²) in [6, 6.07) is 26.2. The third-order valence-corrected chi connectivity index (χ3v) is 8.33. The first-order chi connectivity index (χ1) is 20.0. The Hall–Kier alpha value is -4.10. The number of carbonyl (C=O) groups excluding carboxylic acids is 2. The van der Waals surface area contributed by atoms with Crippen LogP contribution in [0.25, 0.3) is 10.8 Å². The molecule has 3 aliphatic rings. The second-order valence-electron chi connectivity index (χ2n) is 10.1. The lowest BCUT2D eigenvalue weighted by Gasteiger charge is -2.44. The van der Waals surface area contributed by atoms with E-state index in [0.717, 1.165) is 27.7 Å². The maximum atomic E-state index is 13.4. The Balaban J connectivity index is 1.09. The van der Waals surface area contributed by atoms with Crippen LogP contribution in [0.3, 0.4) is 0 Å². The number of esters is 2. The van der Waals surface area contributed by atoms with Gasteiger partial charge in [-0.2, -0.15) is 0 Å². The molecule has 7 rings (SSSR count). The summed E-state index contributed by atoms with van der Waals surface area (Å²) < 4.78 is 23.7. The monoisotopic (exact) mass is 612 g/mol. The third-order valence-electron chi connectivity index (χ3n) is 7.84. The molecule has 0 radical (unpaired) electrons. The van der Waals surface area contributed by atoms with Gasteiger partial charge in [0.1, 0.15) is 37.9 Å². The van der Waals surface area contributed by atoms with Gasteiger partial charge in [0.2, 0.25) is 0 Å². The Kier molecular flexibility index (Phi) is 7.79. The van der Waals surface area contributed by atoms with Crippen LogP contribution in [0, 0.1) is 5.92 Å². The van der Waals surface area contributed by atoms with Gasteiger partial charge in [0.25, 0.3) is 0 Å². The maximum absolute atomic E-state index is 13.4. The zero-order valence-corrected chi connectivity index (χ0v) is 24.0. The van der Waals surface area contributed by atoms with Gasteiger partial charge in [-0.3, -0.25) is 4.79 Å². The standard InChI is InChI=1S/C34H29BrO6/c1-2-32(36)40-17-15-38-30-13-14-31(24-9-5-4-8-23(24)30)39-16-18-41-34(37)29-20-28-22-7-3-6-10-25(22)33(29)26-12-11-21(35)19-27(26)28/h2-14,19,28-29,33H,1,15-18,20H2. The molecule has 0 aliphatic heterocycles. The summed E-state index contributed by atoms with van der Waals surface area (Å²) in [5.74, 6) is 0.607. The van der Waals surface area contributed by atoms with Gasteiger partial charge in [-0.25, -0.2) is 4.79 Å². The van der Waals surface area contributed by atoms with E-state index >= 15 is 0 Å². The van der Waals surface area contributed by atoms with E-state index in [2.05, 4.69) is 58.9 Å². The second-order valence-corrected chi connectivity index (χ2v) is 11.0. The molecule has 3 aliphatic carbocycles. The fourth-order valence-corrected chi connectivity index (χ4v) is 6.51. The summed E-state index contributed by atoms with van der Waals surface area (Å²) in [5, 5.41) is 1.75. The first-order valence-corrected chi connectivity index (χ1v) is 14.5. The predicted octanol–water partition coefficient (Wildman–Crippen LogP) is 6.93. The zero-order chi connectivity index (χ0) is 28.3. The molecule has 0 heterocycles. The molecular weight excluding hydrogens is 584 g/mol. The van der Waals surface area contributed by atoms with Crippen molar-refractivity contribution < 1.29 is 28.5 Å². The molecule has 0 amide bonds. The van der Waals surface area contributed by atoms with Crippen molar-refractivity contribution in [2.24, 2.45) is 5.92 Å². The van der Waals surface area contributed by atoms with Crippen LogP contribution >= 0.6 is 15.9 Å². The highest BCUT2D eigenvalue weighted by atomic mass is 79.9. The molecular formula is C34H29BrO6. The number of benzene rings is 4. The molecule has 0 spiro atoms. The normalized spacial score (nSPS) is 18.2. The fraction of sp³-hybridized carbons (Fsp3) is 0.235. The van der Waals surface area contributed by atoms with Crippen LogP contribution in [0.2, 0.25) is 0 Å². The van der Waals surface area contributed by atoms with Gasteiger partial charge >= 0.3 is 11.9 Å². The van der Waals surface area contributed by atoms with Crippen molar-refractivity contribution in [2.75, 3.05) is 26.4 Å². The lowest BCUT2D eigenvalue weighted by Crippen LogP contribution is -2.37. The predicted molar refractivity (Wildman–Crippen MR) is 159 cm³/mol. The van der Waals surface area contributed by atoms with E-state index in [-0.39, 0.29) is 50.2 Å². The molecule has 0 N–H and O–H groups in total. The summed E-state index contributed by atoms with van der Waals surface area (Å²) in [5.41, 5.74) is 5.05. The lowest BCUT2D eigenvalue weighted by atomic mass is 9.59. The first-order valence-electron chi connectivity index (χ1n) is 13.7. The van der Waals surface area contributed by atoms with Crippen LogP contribution in [0.4, 0.5) is 0 Å². The zero-order valence-electron chi connectivity index (χ0n) is 22.4. The van der Waals surface area contributed by atoms with E-state index in [9.17, 15) is 9.59 Å². The molecule has 41 heavy (non-hydrogen) atoms. The smallest absolute Gasteiger partial charge is 0.330 e. The van der Waals surface area contributed by atoms with Gasteiger partial charge in [0, 0.05) is 33.2 Å². The molecule has 3 atom stereocenters. The van der Waals surface area contributed by atoms with Gasteiger partial charge in [0.15, 0.2) is 0 Å². The Morgan fingerprint density at radius 3 is 2.05 bits per heavy atom. The van der Waals surface area contributed by atoms with E-state index in [1.807, 2.05) is 42.5 Å². The van der Waals surface area contributed by atoms with Crippen LogP contribution in [0.15, 0.2) is 96.0 Å². The molecule has 3 unspecified atom stereocenters. The van der Waals surface area contributed by atoms with Crippen molar-refractivity contribution in [3.05, 3.63) is 118 Å². The summed E-state index contributed by atoms with van der Waals surface area (Å²) in [7, 11) is 0. The average Bonchev–Trinajstić information content (AvgIpc) is 3.01. The van der Waals surface area contributed by atoms with Crippen molar-refractivity contribution in [3.63, 3.8) is 0 Å². The highest BCUT2D eigenvalue weighted by Gasteiger charge is 2.46. The van der Waals surface area contributed by atoms with E-state index < -0.39 is 5.97 Å². The molecule has 6 nitrogen and oxygen atoms in total. The van der Waals surface area contributed by atoms with Crippen LogP contribution in [0.1, 0.15) is 40.5 Å². The quantitative estimate of drug-likeness (QED) is 0.110. The molecule has 4 aromatic rings. The number of carbonyl (C=O) groups is 2. The minimum Gasteiger partial charge on any atom is -0.489 e. The van der Waals surface area contributed by atoms with Crippen LogP contribution in [0.5, 0.6) is 11.5 Å². The minimum absolute atomic E-state index is 0.00972. The topological polar surface area (TPSA) is 71.1 Å². The molecule has 7 heteroatoms. The molecule has 2 bridgehead atoms. The van der Waals surface area contributed by atoms with E-state index in [0.29, 0.717) is 11.5 Å². The Bertz CT molecular complexity index is 1630. The highest BCUT2D eigenvalue weighted by molar-refractivity contribution is 9.10. The van der Waals surface area contributed by atoms with Crippen molar-refractivity contribution in [1.82, 2.24) is 0 Å². The van der Waals surface area contributed by atoms with Gasteiger partial charge in [-0.1, -0.05) is 77.1 Å². The molecule has 0 aromatic heterocycles. The second kappa shape index (κ2) is 11.8. The SMILES string of the molecule is C=CC(=O)OCCOc1ccc(OCCOC(=O)C2CC3c4ccccc4C2c2ccc(Br)cc23)c2ccccc12. The van der Waals surface area contributed by atoms with Crippen molar-refractivity contribution in [2.45, 2.75) is 18.3 Å². The van der Waals surface area contributed by atoms with Crippen LogP contribution in [-0.2, 0) is 19.1 Å². The van der Waals surface area contributed by atoms with Crippen LogP contribution < -0.4 is 9.47 Å². The Morgan fingerprint density at radius 1 is 0.756 bits per heavy atom. The largest absolute Gasteiger partial charge is 0.489 e. The number of hydrogen-bond acceptors (Lipinski definition) is 6. The average molecular weight is 614 g/mol. The van der Waals surface area contributed by atoms with Crippen molar-refractivity contribution in [3.8, 4) is 11.5 Å². The number of ether oxygens (including phenoxy) is 4. The molecule has 4 aromatic carbocycles. The molecule has 0 fully saturated rings. The molecule has 0 saturated heterocycles.